The van der Waals surface area contributed by atoms with Gasteiger partial charge in [0, 0.05) is 11.1 Å². The van der Waals surface area contributed by atoms with Crippen LogP contribution in [0.25, 0.3) is 23.0 Å². The molecular weight excluding hydrogens is 438 g/mol. The van der Waals surface area contributed by atoms with Crippen molar-refractivity contribution >= 4 is 23.5 Å². The minimum absolute atomic E-state index is 0.0233. The normalized spacial score (nSPS) is 12.7. The maximum Gasteiger partial charge on any atom is 0.335 e. The van der Waals surface area contributed by atoms with E-state index in [1.54, 1.807) is 22.9 Å². The molecule has 0 saturated heterocycles. The van der Waals surface area contributed by atoms with Gasteiger partial charge >= 0.3 is 5.97 Å². The van der Waals surface area contributed by atoms with Gasteiger partial charge in [0.15, 0.2) is 0 Å². The molecule has 6 nitrogen and oxygen atoms in total. The molecule has 0 spiro atoms. The Kier molecular flexibility index (Phi) is 5.94. The van der Waals surface area contributed by atoms with Crippen LogP contribution in [0.4, 0.5) is 0 Å². The number of hydrogen-bond donors (Lipinski definition) is 0. The van der Waals surface area contributed by atoms with E-state index in [0.29, 0.717) is 22.4 Å². The number of ether oxygens (including phenoxy) is 1. The van der Waals surface area contributed by atoms with Gasteiger partial charge in [0.05, 0.1) is 41.9 Å². The minimum atomic E-state index is -0.501. The van der Waals surface area contributed by atoms with Crippen LogP contribution in [0.5, 0.6) is 0 Å². The van der Waals surface area contributed by atoms with E-state index in [0.717, 1.165) is 22.5 Å². The number of methoxy groups -OCH3 is 1. The molecule has 0 unspecified atom stereocenters. The molecule has 0 radical (unpaired) electrons. The second-order valence-corrected chi connectivity index (χ2v) is 8.24. The number of aliphatic imine (C=N–C) groups is 1. The van der Waals surface area contributed by atoms with Crippen LogP contribution >= 0.6 is 0 Å². The van der Waals surface area contributed by atoms with E-state index in [4.69, 9.17) is 9.84 Å². The van der Waals surface area contributed by atoms with E-state index in [2.05, 4.69) is 4.99 Å². The molecule has 1 aliphatic rings. The number of aromatic nitrogens is 2. The van der Waals surface area contributed by atoms with Crippen molar-refractivity contribution in [2.45, 2.75) is 6.92 Å². The first-order valence-electron chi connectivity index (χ1n) is 11.3. The number of para-hydroxylation sites is 1. The quantitative estimate of drug-likeness (QED) is 0.307. The standard InChI is InChI=1S/C29H23N3O3/c1-19-13-15-21(16-14-19)28(33)26-25-24(17-22(18-30-26)29(34)35-2)31-32(23-11-7-4-8-12-23)27(25)20-9-5-3-6-10-20/h3-17H,18H2,1-2H3. The van der Waals surface area contributed by atoms with E-state index >= 15 is 0 Å². The molecular formula is C29H23N3O3. The van der Waals surface area contributed by atoms with Crippen LogP contribution < -0.4 is 0 Å². The molecule has 0 fully saturated rings. The second kappa shape index (κ2) is 9.35. The summed E-state index contributed by atoms with van der Waals surface area (Å²) in [6.45, 7) is 2.00. The van der Waals surface area contributed by atoms with Crippen molar-refractivity contribution in [3.8, 4) is 16.9 Å². The number of Topliss-reactive ketones (excluding diaryl/α,β-unsaturated/α-hetero) is 1. The number of aryl methyl sites for hydroxylation is 1. The highest BCUT2D eigenvalue weighted by Crippen LogP contribution is 2.33. The maximum atomic E-state index is 13.8. The summed E-state index contributed by atoms with van der Waals surface area (Å²) in [6.07, 6.45) is 1.67. The van der Waals surface area contributed by atoms with Gasteiger partial charge in [-0.3, -0.25) is 9.79 Å². The molecule has 1 aromatic heterocycles. The van der Waals surface area contributed by atoms with Crippen molar-refractivity contribution in [1.29, 1.82) is 0 Å². The third-order valence-corrected chi connectivity index (χ3v) is 5.89. The summed E-state index contributed by atoms with van der Waals surface area (Å²) in [7, 11) is 1.33. The summed E-state index contributed by atoms with van der Waals surface area (Å²) < 4.78 is 6.76. The zero-order chi connectivity index (χ0) is 24.4. The van der Waals surface area contributed by atoms with Gasteiger partial charge in [-0.25, -0.2) is 9.48 Å². The number of benzene rings is 3. The number of hydrogen-bond acceptors (Lipinski definition) is 5. The fraction of sp³-hybridized carbons (Fsp3) is 0.103. The predicted molar refractivity (Wildman–Crippen MR) is 136 cm³/mol. The highest BCUT2D eigenvalue weighted by atomic mass is 16.5. The number of carbonyl (C=O) groups excluding carboxylic acids is 2. The monoisotopic (exact) mass is 461 g/mol. The van der Waals surface area contributed by atoms with E-state index < -0.39 is 5.97 Å². The molecule has 5 rings (SSSR count). The van der Waals surface area contributed by atoms with Crippen molar-refractivity contribution < 1.29 is 14.3 Å². The number of esters is 1. The fourth-order valence-electron chi connectivity index (χ4n) is 4.12. The van der Waals surface area contributed by atoms with Gasteiger partial charge in [0.25, 0.3) is 0 Å². The first-order chi connectivity index (χ1) is 17.1. The summed E-state index contributed by atoms with van der Waals surface area (Å²) in [4.78, 5) is 30.9. The molecule has 0 bridgehead atoms. The molecule has 3 aromatic carbocycles. The van der Waals surface area contributed by atoms with Gasteiger partial charge in [-0.05, 0) is 25.1 Å². The Morgan fingerprint density at radius 3 is 2.20 bits per heavy atom. The van der Waals surface area contributed by atoms with Crippen LogP contribution in [0.1, 0.15) is 27.2 Å². The average molecular weight is 462 g/mol. The topological polar surface area (TPSA) is 73.5 Å². The molecule has 2 heterocycles. The largest absolute Gasteiger partial charge is 0.466 e. The first kappa shape index (κ1) is 22.2. The molecule has 4 aromatic rings. The molecule has 0 aliphatic carbocycles. The molecule has 35 heavy (non-hydrogen) atoms. The number of ketones is 1. The number of fused-ring (bicyclic) bond motifs is 1. The SMILES string of the molecule is COC(=O)C1=Cc2nn(-c3ccccc3)c(-c3ccccc3)c2C(C(=O)c2ccc(C)cc2)=NC1. The van der Waals surface area contributed by atoms with Gasteiger partial charge in [-0.1, -0.05) is 78.4 Å². The van der Waals surface area contributed by atoms with Crippen LogP contribution in [0, 0.1) is 6.92 Å². The number of carbonyl (C=O) groups is 2. The molecule has 1 aliphatic heterocycles. The fourth-order valence-corrected chi connectivity index (χ4v) is 4.12. The van der Waals surface area contributed by atoms with Crippen LogP contribution in [-0.2, 0) is 9.53 Å². The van der Waals surface area contributed by atoms with E-state index in [9.17, 15) is 9.59 Å². The van der Waals surface area contributed by atoms with Crippen LogP contribution in [0.15, 0.2) is 95.5 Å². The van der Waals surface area contributed by atoms with Crippen LogP contribution in [-0.4, -0.2) is 40.9 Å². The smallest absolute Gasteiger partial charge is 0.335 e. The third-order valence-electron chi connectivity index (χ3n) is 5.89. The number of nitrogens with zero attached hydrogens (tertiary/aromatic N) is 3. The lowest BCUT2D eigenvalue weighted by molar-refractivity contribution is -0.136. The summed E-state index contributed by atoms with van der Waals surface area (Å²) >= 11 is 0. The zero-order valence-corrected chi connectivity index (χ0v) is 19.4. The lowest BCUT2D eigenvalue weighted by Gasteiger charge is -2.12. The molecule has 6 heteroatoms. The van der Waals surface area contributed by atoms with Gasteiger partial charge in [0.2, 0.25) is 5.78 Å². The van der Waals surface area contributed by atoms with Crippen molar-refractivity contribution in [2.75, 3.05) is 13.7 Å². The third kappa shape index (κ3) is 4.22. The highest BCUT2D eigenvalue weighted by molar-refractivity contribution is 6.53. The minimum Gasteiger partial charge on any atom is -0.466 e. The first-order valence-corrected chi connectivity index (χ1v) is 11.3. The Labute approximate surface area is 203 Å². The molecule has 0 atom stereocenters. The van der Waals surface area contributed by atoms with Crippen molar-refractivity contribution in [1.82, 2.24) is 9.78 Å². The Morgan fingerprint density at radius 2 is 1.54 bits per heavy atom. The zero-order valence-electron chi connectivity index (χ0n) is 19.4. The van der Waals surface area contributed by atoms with Crippen molar-refractivity contribution in [2.24, 2.45) is 4.99 Å². The molecule has 0 saturated carbocycles. The highest BCUT2D eigenvalue weighted by Gasteiger charge is 2.30. The summed E-state index contributed by atoms with van der Waals surface area (Å²) in [5.74, 6) is -0.727. The summed E-state index contributed by atoms with van der Waals surface area (Å²) in [6, 6.07) is 26.8. The number of rotatable bonds is 5. The molecule has 172 valence electrons. The van der Waals surface area contributed by atoms with Crippen molar-refractivity contribution in [3.63, 3.8) is 0 Å². The second-order valence-electron chi connectivity index (χ2n) is 8.24. The molecule has 0 N–H and O–H groups in total. The van der Waals surface area contributed by atoms with Gasteiger partial charge in [-0.2, -0.15) is 5.10 Å². The molecule has 0 amide bonds. The van der Waals surface area contributed by atoms with Gasteiger partial charge < -0.3 is 4.74 Å². The van der Waals surface area contributed by atoms with E-state index in [1.165, 1.54) is 7.11 Å². The summed E-state index contributed by atoms with van der Waals surface area (Å²) in [5, 5.41) is 4.86. The Balaban J connectivity index is 1.80. The lowest BCUT2D eigenvalue weighted by Crippen LogP contribution is -2.18. The Morgan fingerprint density at radius 1 is 0.886 bits per heavy atom. The predicted octanol–water partition coefficient (Wildman–Crippen LogP) is 5.09. The van der Waals surface area contributed by atoms with Gasteiger partial charge in [0.1, 0.15) is 5.71 Å². The van der Waals surface area contributed by atoms with E-state index in [-0.39, 0.29) is 18.0 Å². The maximum absolute atomic E-state index is 13.8. The Bertz CT molecular complexity index is 1470. The van der Waals surface area contributed by atoms with Crippen molar-refractivity contribution in [3.05, 3.63) is 113 Å². The van der Waals surface area contributed by atoms with Crippen LogP contribution in [0.3, 0.4) is 0 Å². The average Bonchev–Trinajstić information content (AvgIpc) is 3.17. The van der Waals surface area contributed by atoms with E-state index in [1.807, 2.05) is 79.7 Å². The Hall–Kier alpha value is -4.58. The lowest BCUT2D eigenvalue weighted by atomic mass is 9.95. The summed E-state index contributed by atoms with van der Waals surface area (Å²) in [5.41, 5.74) is 5.69. The van der Waals surface area contributed by atoms with Gasteiger partial charge in [-0.15, -0.1) is 0 Å². The van der Waals surface area contributed by atoms with Crippen LogP contribution in [0.2, 0.25) is 0 Å².